The van der Waals surface area contributed by atoms with Crippen molar-refractivity contribution in [2.24, 2.45) is 23.3 Å². The topological polar surface area (TPSA) is 332 Å². The molecule has 10 atom stereocenters. The van der Waals surface area contributed by atoms with Crippen molar-refractivity contribution in [3.05, 3.63) is 30.3 Å². The van der Waals surface area contributed by atoms with E-state index in [1.54, 1.807) is 34.8 Å². The number of nitrogens with two attached hydrogens (primary N) is 2. The number of esters is 4. The van der Waals surface area contributed by atoms with Gasteiger partial charge >= 0.3 is 41.2 Å². The van der Waals surface area contributed by atoms with Gasteiger partial charge in [0.15, 0.2) is 16.6 Å². The maximum atomic E-state index is 13.9. The molecule has 10 unspecified atom stereocenters. The number of hydrogen-bond donors (Lipinski definition) is 7. The predicted molar refractivity (Wildman–Crippen MR) is 413 cm³/mol. The number of rotatable bonds is 58. The number of hydrogen-bond acceptors (Lipinski definition) is 26. The molecular formula is C72H142N6O20Si5W. The molecule has 2 fully saturated rings. The van der Waals surface area contributed by atoms with E-state index in [1.807, 2.05) is 68.0 Å². The number of likely N-dealkylation sites (N-methyl/N-ethyl adjacent to an activating group) is 1. The minimum Gasteiger partial charge on any atom is -0.466 e. The Morgan fingerprint density at radius 1 is 0.577 bits per heavy atom. The largest absolute Gasteiger partial charge is 0.507 e. The van der Waals surface area contributed by atoms with Gasteiger partial charge in [0.2, 0.25) is 8.32 Å². The molecule has 2 saturated carbocycles. The van der Waals surface area contributed by atoms with Gasteiger partial charge in [-0.15, -0.1) is 0 Å². The molecule has 0 spiro atoms. The van der Waals surface area contributed by atoms with Crippen LogP contribution in [0.3, 0.4) is 0 Å². The molecular weight excluding hydrogens is 1590 g/mol. The molecule has 104 heavy (non-hydrogen) atoms. The summed E-state index contributed by atoms with van der Waals surface area (Å²) in [7, 11) is -12.2. The second-order valence-corrected chi connectivity index (χ2v) is 49.9. The molecule has 9 N–H and O–H groups in total. The first-order valence-electron chi connectivity index (χ1n) is 38.5. The van der Waals surface area contributed by atoms with Crippen LogP contribution in [0.4, 0.5) is 0 Å². The van der Waals surface area contributed by atoms with Gasteiger partial charge in [0.1, 0.15) is 12.1 Å². The number of aliphatic hydroxyl groups is 3. The molecule has 0 aromatic heterocycles. The Bertz CT molecular complexity index is 2460. The van der Waals surface area contributed by atoms with E-state index in [9.17, 15) is 34.5 Å². The number of benzene rings is 1. The molecule has 0 heterocycles. The van der Waals surface area contributed by atoms with Gasteiger partial charge in [0.25, 0.3) is 0 Å². The SMILES string of the molecule is CCOC(=O)CC(C(=O)OCC)N(C)C1CCC(CC2CCC(N(CC(O)COCCC[Si](C)(C)O[Si](C)(C)O[Si](O[Si](C)(C)CCCOCC(O)CNC(C)COCC(C)N)(O[Si](CCO)(CCNC(C)COCC(C)N)COC)c3ccccc3)C(CC(=O)OCC)C(=O)OCC)CC2)CC1.[W]. The van der Waals surface area contributed by atoms with Gasteiger partial charge in [-0.3, -0.25) is 29.0 Å². The molecule has 2 aliphatic carbocycles. The molecule has 0 bridgehead atoms. The summed E-state index contributed by atoms with van der Waals surface area (Å²) >= 11 is 0. The monoisotopic (exact) mass is 1730 g/mol. The number of methoxy groups -OCH3 is 1. The Balaban J connectivity index is 0.0000367. The van der Waals surface area contributed by atoms with Crippen molar-refractivity contribution < 1.29 is 115 Å². The van der Waals surface area contributed by atoms with Crippen molar-refractivity contribution in [3.8, 4) is 0 Å². The summed E-state index contributed by atoms with van der Waals surface area (Å²) in [6, 6.07) is 10.5. The molecule has 3 rings (SSSR count). The van der Waals surface area contributed by atoms with E-state index in [0.29, 0.717) is 102 Å². The van der Waals surface area contributed by atoms with Crippen LogP contribution >= 0.6 is 0 Å². The molecule has 0 saturated heterocycles. The van der Waals surface area contributed by atoms with E-state index in [2.05, 4.69) is 56.8 Å². The smallest absolute Gasteiger partial charge is 0.466 e. The summed E-state index contributed by atoms with van der Waals surface area (Å²) in [5, 5.41) is 41.3. The average molecular weight is 1740 g/mol. The summed E-state index contributed by atoms with van der Waals surface area (Å²) in [5.41, 5.74) is 11.8. The van der Waals surface area contributed by atoms with Crippen molar-refractivity contribution in [2.75, 3.05) is 126 Å². The molecule has 26 nitrogen and oxygen atoms in total. The molecule has 2 aliphatic rings. The number of carbonyl (C=O) groups is 4. The summed E-state index contributed by atoms with van der Waals surface area (Å²) < 4.78 is 82.1. The van der Waals surface area contributed by atoms with Crippen LogP contribution in [-0.4, -0.2) is 278 Å². The van der Waals surface area contributed by atoms with Crippen LogP contribution in [-0.2, 0) is 99.3 Å². The summed E-state index contributed by atoms with van der Waals surface area (Å²) in [6.07, 6.45) is 7.90. The van der Waals surface area contributed by atoms with E-state index >= 15 is 0 Å². The van der Waals surface area contributed by atoms with Gasteiger partial charge < -0.3 is 96.5 Å². The van der Waals surface area contributed by atoms with Gasteiger partial charge in [-0.25, -0.2) is 0 Å². The predicted octanol–water partition coefficient (Wildman–Crippen LogP) is 6.86. The zero-order valence-corrected chi connectivity index (χ0v) is 74.5. The Morgan fingerprint density at radius 3 is 1.56 bits per heavy atom. The van der Waals surface area contributed by atoms with Gasteiger partial charge in [-0.05, 0) is 215 Å². The van der Waals surface area contributed by atoms with Gasteiger partial charge in [0.05, 0.1) is 97.3 Å². The molecule has 1 aromatic rings. The van der Waals surface area contributed by atoms with Crippen LogP contribution in [0.15, 0.2) is 30.3 Å². The number of ether oxygens (including phenoxy) is 9. The second kappa shape index (κ2) is 52.4. The fourth-order valence-corrected chi connectivity index (χ4v) is 37.3. The first kappa shape index (κ1) is 98.2. The van der Waals surface area contributed by atoms with Gasteiger partial charge in [-0.2, -0.15) is 0 Å². The Hall–Kier alpha value is -1.85. The van der Waals surface area contributed by atoms with E-state index in [1.165, 1.54) is 0 Å². The molecule has 0 amide bonds. The van der Waals surface area contributed by atoms with Crippen LogP contribution in [0.5, 0.6) is 0 Å². The zero-order valence-electron chi connectivity index (χ0n) is 66.6. The third-order valence-corrected chi connectivity index (χ3v) is 39.5. The molecule has 606 valence electrons. The number of aliphatic hydroxyl groups excluding tert-OH is 3. The third kappa shape index (κ3) is 39.4. The third-order valence-electron chi connectivity index (χ3n) is 18.9. The van der Waals surface area contributed by atoms with Gasteiger partial charge in [0, 0.05) is 103 Å². The normalized spacial score (nSPS) is 20.4. The minimum atomic E-state index is -4.05. The van der Waals surface area contributed by atoms with E-state index in [-0.39, 0.29) is 129 Å². The van der Waals surface area contributed by atoms with Gasteiger partial charge in [-0.1, -0.05) is 30.3 Å². The standard InChI is InChI=1S/C72H142N6O20Si5.W/c1-17-91-69(82)45-67(71(84)93-19-3)77(9)62-32-28-60(29-33-62)44-61-30-34-63(35-31-61)78(68(72(85)94-20-4)46-70(83)92-18-2)48-65(81)54-88-39-24-40-99(11,12)95-101(15,16)97-103(66-26-22-21-23-27-66,98-102(43-37-79,55-86-10)42-36-75-58(7)51-89-49-56(5)73)96-100(13,14)41-25-38-87-53-64(80)47-76-59(8)52-90-50-57(6)74;/h21-23,26-27,56-65,67-68,75-76,79-81H,17-20,24-25,28-55,73-74H2,1-16H3;. The Labute approximate surface area is 645 Å². The Kier molecular flexibility index (Phi) is 49.5. The quantitative estimate of drug-likeness (QED) is 0.0151. The van der Waals surface area contributed by atoms with Crippen LogP contribution in [0.1, 0.15) is 139 Å². The summed E-state index contributed by atoms with van der Waals surface area (Å²) in [6.45, 7) is 32.1. The number of nitrogens with zero attached hydrogens (tertiary/aromatic N) is 2. The molecule has 0 radical (unpaired) electrons. The van der Waals surface area contributed by atoms with E-state index < -0.39 is 90.5 Å². The van der Waals surface area contributed by atoms with E-state index in [4.69, 9.17) is 70.6 Å². The van der Waals surface area contributed by atoms with Crippen LogP contribution < -0.4 is 27.3 Å². The van der Waals surface area contributed by atoms with Crippen LogP contribution in [0.2, 0.25) is 63.5 Å². The molecule has 0 aliphatic heterocycles. The van der Waals surface area contributed by atoms with Crippen molar-refractivity contribution >= 4 is 71.4 Å². The Morgan fingerprint density at radius 2 is 1.06 bits per heavy atom. The maximum absolute atomic E-state index is 13.9. The summed E-state index contributed by atoms with van der Waals surface area (Å²) in [5.74, 6) is -0.881. The van der Waals surface area contributed by atoms with Crippen LogP contribution in [0.25, 0.3) is 0 Å². The first-order valence-corrected chi connectivity index (χ1v) is 51.8. The van der Waals surface area contributed by atoms with Crippen LogP contribution in [0, 0.1) is 11.8 Å². The second-order valence-electron chi connectivity index (χ2n) is 30.4. The minimum absolute atomic E-state index is 0. The van der Waals surface area contributed by atoms with Crippen molar-refractivity contribution in [2.45, 2.75) is 263 Å². The first-order chi connectivity index (χ1) is 48.8. The summed E-state index contributed by atoms with van der Waals surface area (Å²) in [4.78, 5) is 56.7. The fraction of sp³-hybridized carbons (Fsp3) is 0.861. The van der Waals surface area contributed by atoms with Crippen molar-refractivity contribution in [3.63, 3.8) is 0 Å². The van der Waals surface area contributed by atoms with Crippen molar-refractivity contribution in [1.82, 2.24) is 20.4 Å². The number of nitrogens with one attached hydrogen (secondary N) is 2. The fourth-order valence-electron chi connectivity index (χ4n) is 14.1. The molecule has 1 aromatic carbocycles. The number of carbonyl (C=O) groups excluding carboxylic acids is 4. The average Bonchev–Trinajstić information content (AvgIpc) is 0.759. The zero-order chi connectivity index (χ0) is 76.7. The molecule has 32 heteroatoms. The van der Waals surface area contributed by atoms with Crippen molar-refractivity contribution in [1.29, 1.82) is 0 Å². The van der Waals surface area contributed by atoms with E-state index in [0.717, 1.165) is 63.0 Å². The maximum Gasteiger partial charge on any atom is 0.507 e.